The highest BCUT2D eigenvalue weighted by Crippen LogP contribution is 2.25. The van der Waals surface area contributed by atoms with Crippen LogP contribution in [0.25, 0.3) is 10.9 Å². The quantitative estimate of drug-likeness (QED) is 0.854. The monoisotopic (exact) mass is 225 g/mol. The second kappa shape index (κ2) is 3.98. The Hall–Kier alpha value is -1.42. The van der Waals surface area contributed by atoms with E-state index in [9.17, 15) is 4.39 Å². The first-order chi connectivity index (χ1) is 7.22. The Balaban J connectivity index is 2.73. The number of nitrogens with one attached hydrogen (secondary N) is 1. The van der Waals surface area contributed by atoms with Gasteiger partial charge in [0.1, 0.15) is 17.7 Å². The Morgan fingerprint density at radius 3 is 2.93 bits per heavy atom. The first-order valence-corrected chi connectivity index (χ1v) is 4.93. The fourth-order valence-electron chi connectivity index (χ4n) is 1.40. The van der Waals surface area contributed by atoms with E-state index >= 15 is 0 Å². The second-order valence-corrected chi connectivity index (χ2v) is 3.47. The summed E-state index contributed by atoms with van der Waals surface area (Å²) >= 11 is 5.77. The summed E-state index contributed by atoms with van der Waals surface area (Å²) in [5, 5.41) is 3.97. The summed E-state index contributed by atoms with van der Waals surface area (Å²) in [4.78, 5) is 7.91. The maximum atomic E-state index is 13.5. The molecule has 2 aromatic rings. The van der Waals surface area contributed by atoms with Crippen LogP contribution in [0.2, 0.25) is 5.02 Å². The van der Waals surface area contributed by atoms with Crippen molar-refractivity contribution in [2.45, 2.75) is 6.92 Å². The molecule has 0 aliphatic carbocycles. The van der Waals surface area contributed by atoms with Gasteiger partial charge in [0.2, 0.25) is 0 Å². The van der Waals surface area contributed by atoms with Crippen molar-refractivity contribution in [2.24, 2.45) is 0 Å². The van der Waals surface area contributed by atoms with Gasteiger partial charge in [-0.15, -0.1) is 0 Å². The number of hydrogen-bond acceptors (Lipinski definition) is 3. The molecule has 0 aliphatic heterocycles. The largest absolute Gasteiger partial charge is 0.370 e. The Bertz CT molecular complexity index is 501. The van der Waals surface area contributed by atoms with E-state index in [4.69, 9.17) is 11.6 Å². The van der Waals surface area contributed by atoms with Gasteiger partial charge in [-0.3, -0.25) is 0 Å². The van der Waals surface area contributed by atoms with E-state index in [2.05, 4.69) is 15.3 Å². The molecule has 78 valence electrons. The van der Waals surface area contributed by atoms with Gasteiger partial charge in [0.15, 0.2) is 5.82 Å². The van der Waals surface area contributed by atoms with E-state index < -0.39 is 5.82 Å². The van der Waals surface area contributed by atoms with Crippen LogP contribution in [0.5, 0.6) is 0 Å². The van der Waals surface area contributed by atoms with Crippen molar-refractivity contribution in [3.05, 3.63) is 29.3 Å². The van der Waals surface area contributed by atoms with E-state index in [1.54, 1.807) is 6.07 Å². The Morgan fingerprint density at radius 2 is 2.20 bits per heavy atom. The lowest BCUT2D eigenvalue weighted by molar-refractivity contribution is 0.636. The van der Waals surface area contributed by atoms with E-state index in [-0.39, 0.29) is 5.52 Å². The van der Waals surface area contributed by atoms with Crippen molar-refractivity contribution in [3.8, 4) is 0 Å². The minimum atomic E-state index is -0.431. The summed E-state index contributed by atoms with van der Waals surface area (Å²) < 4.78 is 13.5. The molecule has 0 amide bonds. The molecule has 0 fully saturated rings. The molecule has 1 aromatic carbocycles. The molecular formula is C10H9ClFN3. The average Bonchev–Trinajstić information content (AvgIpc) is 2.19. The third-order valence-corrected chi connectivity index (χ3v) is 2.22. The van der Waals surface area contributed by atoms with Crippen molar-refractivity contribution in [1.82, 2.24) is 9.97 Å². The SMILES string of the molecule is CCNc1ncnc2c(F)cc(Cl)cc12. The lowest BCUT2D eigenvalue weighted by Crippen LogP contribution is -2.01. The first-order valence-electron chi connectivity index (χ1n) is 4.56. The maximum Gasteiger partial charge on any atom is 0.151 e. The van der Waals surface area contributed by atoms with Gasteiger partial charge in [-0.05, 0) is 19.1 Å². The van der Waals surface area contributed by atoms with Crippen molar-refractivity contribution >= 4 is 28.3 Å². The van der Waals surface area contributed by atoms with Crippen molar-refractivity contribution in [2.75, 3.05) is 11.9 Å². The van der Waals surface area contributed by atoms with Crippen LogP contribution in [-0.2, 0) is 0 Å². The number of rotatable bonds is 2. The molecule has 0 bridgehead atoms. The highest BCUT2D eigenvalue weighted by Gasteiger charge is 2.08. The first kappa shape index (κ1) is 10.1. The zero-order valence-corrected chi connectivity index (χ0v) is 8.85. The Kier molecular flexibility index (Phi) is 2.68. The number of hydrogen-bond donors (Lipinski definition) is 1. The maximum absolute atomic E-state index is 13.5. The lowest BCUT2D eigenvalue weighted by Gasteiger charge is -2.06. The predicted octanol–water partition coefficient (Wildman–Crippen LogP) is 2.85. The summed E-state index contributed by atoms with van der Waals surface area (Å²) in [6.45, 7) is 2.65. The summed E-state index contributed by atoms with van der Waals surface area (Å²) in [6.07, 6.45) is 1.33. The summed E-state index contributed by atoms with van der Waals surface area (Å²) in [5.74, 6) is 0.169. The molecule has 0 aliphatic rings. The number of anilines is 1. The molecule has 15 heavy (non-hydrogen) atoms. The molecule has 2 rings (SSSR count). The predicted molar refractivity (Wildman–Crippen MR) is 58.7 cm³/mol. The lowest BCUT2D eigenvalue weighted by atomic mass is 10.2. The van der Waals surface area contributed by atoms with Crippen LogP contribution in [-0.4, -0.2) is 16.5 Å². The smallest absolute Gasteiger partial charge is 0.151 e. The number of aromatic nitrogens is 2. The van der Waals surface area contributed by atoms with Crippen molar-refractivity contribution < 1.29 is 4.39 Å². The van der Waals surface area contributed by atoms with Crippen LogP contribution in [0.1, 0.15) is 6.92 Å². The topological polar surface area (TPSA) is 37.8 Å². The number of halogens is 2. The van der Waals surface area contributed by atoms with Gasteiger partial charge in [-0.2, -0.15) is 0 Å². The van der Waals surface area contributed by atoms with Gasteiger partial charge in [0.25, 0.3) is 0 Å². The molecule has 0 atom stereocenters. The fourth-order valence-corrected chi connectivity index (χ4v) is 1.60. The molecule has 0 saturated carbocycles. The van der Waals surface area contributed by atoms with E-state index in [0.717, 1.165) is 0 Å². The third kappa shape index (κ3) is 1.85. The molecule has 1 heterocycles. The van der Waals surface area contributed by atoms with Crippen LogP contribution in [0.3, 0.4) is 0 Å². The average molecular weight is 226 g/mol. The zero-order valence-electron chi connectivity index (χ0n) is 8.09. The number of fused-ring (bicyclic) bond motifs is 1. The number of benzene rings is 1. The minimum absolute atomic E-state index is 0.283. The molecule has 0 saturated heterocycles. The Morgan fingerprint density at radius 1 is 1.40 bits per heavy atom. The van der Waals surface area contributed by atoms with Crippen LogP contribution in [0.4, 0.5) is 10.2 Å². The third-order valence-electron chi connectivity index (χ3n) is 2.00. The number of nitrogens with zero attached hydrogens (tertiary/aromatic N) is 2. The van der Waals surface area contributed by atoms with E-state index in [1.807, 2.05) is 6.92 Å². The molecule has 1 N–H and O–H groups in total. The van der Waals surface area contributed by atoms with Crippen LogP contribution in [0.15, 0.2) is 18.5 Å². The normalized spacial score (nSPS) is 10.6. The highest BCUT2D eigenvalue weighted by molar-refractivity contribution is 6.31. The van der Waals surface area contributed by atoms with Gasteiger partial charge in [-0.25, -0.2) is 14.4 Å². The molecule has 0 spiro atoms. The molecule has 1 aromatic heterocycles. The molecule has 0 unspecified atom stereocenters. The molecule has 0 radical (unpaired) electrons. The van der Waals surface area contributed by atoms with Gasteiger partial charge >= 0.3 is 0 Å². The molecule has 3 nitrogen and oxygen atoms in total. The van der Waals surface area contributed by atoms with Gasteiger partial charge in [-0.1, -0.05) is 11.6 Å². The van der Waals surface area contributed by atoms with E-state index in [0.29, 0.717) is 22.8 Å². The summed E-state index contributed by atoms with van der Waals surface area (Å²) in [5.41, 5.74) is 0.283. The van der Waals surface area contributed by atoms with Crippen LogP contribution < -0.4 is 5.32 Å². The highest BCUT2D eigenvalue weighted by atomic mass is 35.5. The van der Waals surface area contributed by atoms with Crippen LogP contribution in [0, 0.1) is 5.82 Å². The van der Waals surface area contributed by atoms with Gasteiger partial charge < -0.3 is 5.32 Å². The summed E-state index contributed by atoms with van der Waals surface area (Å²) in [7, 11) is 0. The Labute approximate surface area is 91.3 Å². The summed E-state index contributed by atoms with van der Waals surface area (Å²) in [6, 6.07) is 2.89. The fraction of sp³-hybridized carbons (Fsp3) is 0.200. The standard InChI is InChI=1S/C10H9ClFN3/c1-2-13-10-7-3-6(11)4-8(12)9(7)14-5-15-10/h3-5H,2H2,1H3,(H,13,14,15). The van der Waals surface area contributed by atoms with Crippen LogP contribution >= 0.6 is 11.6 Å². The van der Waals surface area contributed by atoms with Crippen molar-refractivity contribution in [3.63, 3.8) is 0 Å². The van der Waals surface area contributed by atoms with E-state index in [1.165, 1.54) is 12.4 Å². The van der Waals surface area contributed by atoms with Gasteiger partial charge in [0, 0.05) is 17.0 Å². The molecular weight excluding hydrogens is 217 g/mol. The van der Waals surface area contributed by atoms with Gasteiger partial charge in [0.05, 0.1) is 0 Å². The zero-order chi connectivity index (χ0) is 10.8. The second-order valence-electron chi connectivity index (χ2n) is 3.04. The minimum Gasteiger partial charge on any atom is -0.370 e. The molecule has 5 heteroatoms. The van der Waals surface area contributed by atoms with Crippen molar-refractivity contribution in [1.29, 1.82) is 0 Å².